The molecule has 0 bridgehead atoms. The number of amides is 1. The summed E-state index contributed by atoms with van der Waals surface area (Å²) in [7, 11) is 0. The van der Waals surface area contributed by atoms with Gasteiger partial charge in [0.1, 0.15) is 0 Å². The van der Waals surface area contributed by atoms with Crippen LogP contribution in [0.1, 0.15) is 28.8 Å². The normalized spacial score (nSPS) is 21.7. The average Bonchev–Trinajstić information content (AvgIpc) is 2.47. The Morgan fingerprint density at radius 3 is 2.58 bits per heavy atom. The number of aromatic nitrogens is 1. The minimum absolute atomic E-state index is 0.0213. The van der Waals surface area contributed by atoms with Gasteiger partial charge in [0.2, 0.25) is 5.91 Å². The summed E-state index contributed by atoms with van der Waals surface area (Å²) in [6, 6.07) is 13.8. The van der Waals surface area contributed by atoms with Gasteiger partial charge in [-0.2, -0.15) is 0 Å². The Labute approximate surface area is 111 Å². The summed E-state index contributed by atoms with van der Waals surface area (Å²) >= 11 is 0. The molecule has 0 saturated carbocycles. The van der Waals surface area contributed by atoms with E-state index in [4.69, 9.17) is 5.73 Å². The summed E-state index contributed by atoms with van der Waals surface area (Å²) in [5.41, 5.74) is 8.51. The molecule has 2 heterocycles. The summed E-state index contributed by atoms with van der Waals surface area (Å²) in [6.45, 7) is 0.549. The van der Waals surface area contributed by atoms with Gasteiger partial charge in [-0.3, -0.25) is 9.78 Å². The van der Waals surface area contributed by atoms with Crippen molar-refractivity contribution >= 4 is 5.91 Å². The van der Waals surface area contributed by atoms with E-state index in [1.54, 1.807) is 6.20 Å². The van der Waals surface area contributed by atoms with Crippen molar-refractivity contribution < 1.29 is 4.79 Å². The molecule has 2 atom stereocenters. The van der Waals surface area contributed by atoms with E-state index < -0.39 is 0 Å². The van der Waals surface area contributed by atoms with Crippen molar-refractivity contribution in [2.75, 3.05) is 6.54 Å². The Balaban J connectivity index is 2.07. The second-order valence-corrected chi connectivity index (χ2v) is 4.68. The largest absolute Gasteiger partial charge is 0.369 e. The van der Waals surface area contributed by atoms with Crippen LogP contribution in [-0.4, -0.2) is 17.4 Å². The predicted octanol–water partition coefficient (Wildman–Crippen LogP) is 1.34. The molecule has 2 aromatic rings. The predicted molar refractivity (Wildman–Crippen MR) is 72.5 cm³/mol. The van der Waals surface area contributed by atoms with Crippen LogP contribution in [0.25, 0.3) is 0 Å². The molecule has 1 aromatic carbocycles. The Morgan fingerprint density at radius 1 is 1.16 bits per heavy atom. The molecule has 1 aromatic heterocycles. The van der Waals surface area contributed by atoms with E-state index in [0.29, 0.717) is 6.54 Å². The highest BCUT2D eigenvalue weighted by molar-refractivity contribution is 5.83. The number of nitrogens with one attached hydrogen (secondary N) is 1. The number of primary amides is 1. The molecule has 0 saturated heterocycles. The maximum Gasteiger partial charge on any atom is 0.226 e. The third-order valence-corrected chi connectivity index (χ3v) is 3.54. The molecule has 4 heteroatoms. The second kappa shape index (κ2) is 4.82. The van der Waals surface area contributed by atoms with Crippen molar-refractivity contribution in [1.29, 1.82) is 0 Å². The number of hydrogen-bond donors (Lipinski definition) is 2. The summed E-state index contributed by atoms with van der Waals surface area (Å²) in [5.74, 6) is -0.560. The third kappa shape index (κ3) is 2.11. The minimum Gasteiger partial charge on any atom is -0.369 e. The molecular formula is C15H15N3O. The maximum absolute atomic E-state index is 11.5. The monoisotopic (exact) mass is 253 g/mol. The van der Waals surface area contributed by atoms with Gasteiger partial charge in [0.15, 0.2) is 0 Å². The molecule has 19 heavy (non-hydrogen) atoms. The number of pyridine rings is 1. The molecule has 2 unspecified atom stereocenters. The summed E-state index contributed by atoms with van der Waals surface area (Å²) < 4.78 is 0. The van der Waals surface area contributed by atoms with Crippen LogP contribution in [0.15, 0.2) is 48.7 Å². The first-order valence-electron chi connectivity index (χ1n) is 6.30. The van der Waals surface area contributed by atoms with Crippen LogP contribution >= 0.6 is 0 Å². The third-order valence-electron chi connectivity index (χ3n) is 3.54. The van der Waals surface area contributed by atoms with Crippen LogP contribution in [0.2, 0.25) is 0 Å². The van der Waals surface area contributed by atoms with Crippen LogP contribution in [0.5, 0.6) is 0 Å². The number of rotatable bonds is 2. The molecule has 0 aliphatic carbocycles. The van der Waals surface area contributed by atoms with Gasteiger partial charge in [0.05, 0.1) is 17.7 Å². The molecule has 0 radical (unpaired) electrons. The zero-order valence-electron chi connectivity index (χ0n) is 10.4. The van der Waals surface area contributed by atoms with E-state index in [-0.39, 0.29) is 17.9 Å². The number of fused-ring (bicyclic) bond motifs is 1. The van der Waals surface area contributed by atoms with Crippen LogP contribution in [-0.2, 0) is 4.79 Å². The topological polar surface area (TPSA) is 68.0 Å². The summed E-state index contributed by atoms with van der Waals surface area (Å²) in [5, 5.41) is 3.36. The zero-order valence-corrected chi connectivity index (χ0v) is 10.4. The number of benzene rings is 1. The lowest BCUT2D eigenvalue weighted by Gasteiger charge is -2.30. The zero-order chi connectivity index (χ0) is 13.2. The Morgan fingerprint density at radius 2 is 1.89 bits per heavy atom. The van der Waals surface area contributed by atoms with E-state index in [1.807, 2.05) is 42.5 Å². The van der Waals surface area contributed by atoms with E-state index >= 15 is 0 Å². The standard InChI is InChI=1S/C15H15N3O/c16-15(19)12-9-18-14(13-7-3-4-8-17-13)11-6-2-1-5-10(11)12/h1-8,12,14,18H,9H2,(H2,16,19). The lowest BCUT2D eigenvalue weighted by molar-refractivity contribution is -0.119. The van der Waals surface area contributed by atoms with Crippen molar-refractivity contribution in [3.63, 3.8) is 0 Å². The van der Waals surface area contributed by atoms with Gasteiger partial charge in [0.25, 0.3) is 0 Å². The fourth-order valence-electron chi connectivity index (χ4n) is 2.61. The molecule has 3 N–H and O–H groups in total. The van der Waals surface area contributed by atoms with Gasteiger partial charge >= 0.3 is 0 Å². The van der Waals surface area contributed by atoms with E-state index in [0.717, 1.165) is 16.8 Å². The highest BCUT2D eigenvalue weighted by atomic mass is 16.1. The fourth-order valence-corrected chi connectivity index (χ4v) is 2.61. The SMILES string of the molecule is NC(=O)C1CNC(c2ccccn2)c2ccccc21. The van der Waals surface area contributed by atoms with Gasteiger partial charge in [-0.05, 0) is 23.3 Å². The first kappa shape index (κ1) is 11.9. The number of carbonyl (C=O) groups is 1. The van der Waals surface area contributed by atoms with E-state index in [2.05, 4.69) is 10.3 Å². The molecular weight excluding hydrogens is 238 g/mol. The van der Waals surface area contributed by atoms with Gasteiger partial charge in [-0.25, -0.2) is 0 Å². The Kier molecular flexibility index (Phi) is 3.01. The Bertz CT molecular complexity index is 597. The fraction of sp³-hybridized carbons (Fsp3) is 0.200. The molecule has 0 spiro atoms. The quantitative estimate of drug-likeness (QED) is 0.848. The van der Waals surface area contributed by atoms with Crippen LogP contribution in [0, 0.1) is 0 Å². The maximum atomic E-state index is 11.5. The molecule has 3 rings (SSSR count). The van der Waals surface area contributed by atoms with Crippen molar-refractivity contribution in [3.05, 3.63) is 65.5 Å². The van der Waals surface area contributed by atoms with Gasteiger partial charge in [-0.1, -0.05) is 30.3 Å². The molecule has 1 amide bonds. The van der Waals surface area contributed by atoms with Gasteiger partial charge < -0.3 is 11.1 Å². The highest BCUT2D eigenvalue weighted by Crippen LogP contribution is 2.32. The minimum atomic E-state index is -0.292. The van der Waals surface area contributed by atoms with E-state index in [1.165, 1.54) is 0 Å². The first-order valence-corrected chi connectivity index (χ1v) is 6.30. The van der Waals surface area contributed by atoms with Crippen LogP contribution in [0.3, 0.4) is 0 Å². The highest BCUT2D eigenvalue weighted by Gasteiger charge is 2.30. The van der Waals surface area contributed by atoms with Gasteiger partial charge in [0, 0.05) is 12.7 Å². The number of nitrogens with two attached hydrogens (primary N) is 1. The second-order valence-electron chi connectivity index (χ2n) is 4.68. The Hall–Kier alpha value is -2.20. The molecule has 96 valence electrons. The van der Waals surface area contributed by atoms with Crippen molar-refractivity contribution in [2.24, 2.45) is 5.73 Å². The van der Waals surface area contributed by atoms with Crippen molar-refractivity contribution in [1.82, 2.24) is 10.3 Å². The smallest absolute Gasteiger partial charge is 0.226 e. The van der Waals surface area contributed by atoms with Crippen LogP contribution in [0.4, 0.5) is 0 Å². The molecule has 0 fully saturated rings. The van der Waals surface area contributed by atoms with Crippen molar-refractivity contribution in [3.8, 4) is 0 Å². The summed E-state index contributed by atoms with van der Waals surface area (Å²) in [4.78, 5) is 15.9. The molecule has 4 nitrogen and oxygen atoms in total. The molecule has 1 aliphatic rings. The number of hydrogen-bond acceptors (Lipinski definition) is 3. The number of carbonyl (C=O) groups excluding carboxylic acids is 1. The first-order chi connectivity index (χ1) is 9.27. The lowest BCUT2D eigenvalue weighted by Crippen LogP contribution is -2.39. The molecule has 1 aliphatic heterocycles. The number of nitrogens with zero attached hydrogens (tertiary/aromatic N) is 1. The summed E-state index contributed by atoms with van der Waals surface area (Å²) in [6.07, 6.45) is 1.78. The van der Waals surface area contributed by atoms with Crippen LogP contribution < -0.4 is 11.1 Å². The van der Waals surface area contributed by atoms with E-state index in [9.17, 15) is 4.79 Å². The average molecular weight is 253 g/mol. The van der Waals surface area contributed by atoms with Crippen molar-refractivity contribution in [2.45, 2.75) is 12.0 Å². The van der Waals surface area contributed by atoms with Gasteiger partial charge in [-0.15, -0.1) is 0 Å². The lowest BCUT2D eigenvalue weighted by atomic mass is 9.85.